The van der Waals surface area contributed by atoms with Crippen LogP contribution >= 0.6 is 11.8 Å². The van der Waals surface area contributed by atoms with E-state index in [0.29, 0.717) is 6.54 Å². The van der Waals surface area contributed by atoms with Gasteiger partial charge >= 0.3 is 0 Å². The molecule has 1 fully saturated rings. The monoisotopic (exact) mass is 148 g/mol. The first kappa shape index (κ1) is 6.82. The Morgan fingerprint density at radius 3 is 3.11 bits per heavy atom. The van der Waals surface area contributed by atoms with Crippen molar-refractivity contribution in [2.45, 2.75) is 5.37 Å². The summed E-state index contributed by atoms with van der Waals surface area (Å²) in [6.45, 7) is 0.676. The minimum absolute atomic E-state index is 0.0103. The van der Waals surface area contributed by atoms with E-state index in [4.69, 9.17) is 5.11 Å². The molecule has 1 aliphatic rings. The second-order valence-corrected chi connectivity index (χ2v) is 3.04. The second-order valence-electron chi connectivity index (χ2n) is 1.75. The number of rotatable bonds is 2. The number of aliphatic hydroxyl groups excluding tert-OH is 1. The van der Waals surface area contributed by atoms with Gasteiger partial charge in [0.2, 0.25) is 0 Å². The van der Waals surface area contributed by atoms with Crippen molar-refractivity contribution in [2.24, 2.45) is 5.29 Å². The van der Waals surface area contributed by atoms with Gasteiger partial charge < -0.3 is 5.11 Å². The third-order valence-corrected chi connectivity index (χ3v) is 2.42. The molecule has 0 aliphatic carbocycles. The van der Waals surface area contributed by atoms with Crippen molar-refractivity contribution in [3.8, 4) is 0 Å². The van der Waals surface area contributed by atoms with Gasteiger partial charge in [0, 0.05) is 12.3 Å². The van der Waals surface area contributed by atoms with Crippen molar-refractivity contribution in [3.63, 3.8) is 0 Å². The zero-order valence-corrected chi connectivity index (χ0v) is 5.67. The molecule has 0 spiro atoms. The average Bonchev–Trinajstić information content (AvgIpc) is 2.33. The van der Waals surface area contributed by atoms with Crippen molar-refractivity contribution < 1.29 is 5.11 Å². The van der Waals surface area contributed by atoms with Gasteiger partial charge in [-0.05, 0) is 0 Å². The molecule has 0 aromatic carbocycles. The first-order chi connectivity index (χ1) is 4.38. The molecule has 0 bridgehead atoms. The van der Waals surface area contributed by atoms with Crippen LogP contribution in [0.15, 0.2) is 5.29 Å². The molecule has 1 atom stereocenters. The highest BCUT2D eigenvalue weighted by Gasteiger charge is 2.23. The Bertz CT molecular complexity index is 111. The number of hydrogen-bond acceptors (Lipinski definition) is 4. The lowest BCUT2D eigenvalue weighted by molar-refractivity contribution is 0.195. The lowest BCUT2D eigenvalue weighted by atomic mass is 10.6. The molecule has 1 rings (SSSR count). The van der Waals surface area contributed by atoms with E-state index < -0.39 is 0 Å². The van der Waals surface area contributed by atoms with Crippen molar-refractivity contribution >= 4 is 11.8 Å². The van der Waals surface area contributed by atoms with Gasteiger partial charge in [-0.15, -0.1) is 16.7 Å². The summed E-state index contributed by atoms with van der Waals surface area (Å²) in [7, 11) is 0. The zero-order valence-electron chi connectivity index (χ0n) is 4.86. The maximum absolute atomic E-state index is 9.93. The fraction of sp³-hybridized carbons (Fsp3) is 1.00. The Hall–Kier alpha value is -0.290. The highest BCUT2D eigenvalue weighted by atomic mass is 32.2. The van der Waals surface area contributed by atoms with E-state index in [1.54, 1.807) is 11.8 Å². The standard InChI is InChI=1S/C4H8N2O2S/c7-3-4-6(5-8)1-2-9-4/h4,7H,1-3H2. The van der Waals surface area contributed by atoms with Gasteiger partial charge in [0.25, 0.3) is 0 Å². The molecule has 1 heterocycles. The van der Waals surface area contributed by atoms with Crippen LogP contribution in [0.2, 0.25) is 0 Å². The molecule has 1 unspecified atom stereocenters. The van der Waals surface area contributed by atoms with Crippen molar-refractivity contribution in [1.29, 1.82) is 0 Å². The Morgan fingerprint density at radius 2 is 2.67 bits per heavy atom. The summed E-state index contributed by atoms with van der Waals surface area (Å²) in [6.07, 6.45) is 0. The van der Waals surface area contributed by atoms with E-state index in [-0.39, 0.29) is 12.0 Å². The van der Waals surface area contributed by atoms with Crippen LogP contribution in [0.25, 0.3) is 0 Å². The third-order valence-electron chi connectivity index (χ3n) is 1.22. The summed E-state index contributed by atoms with van der Waals surface area (Å²) in [5.74, 6) is 0.886. The first-order valence-electron chi connectivity index (χ1n) is 2.71. The van der Waals surface area contributed by atoms with Gasteiger partial charge in [0.15, 0.2) is 0 Å². The molecule has 0 aromatic rings. The molecule has 1 N–H and O–H groups in total. The normalized spacial score (nSPS) is 26.8. The lowest BCUT2D eigenvalue weighted by Gasteiger charge is -2.12. The Kier molecular flexibility index (Phi) is 2.29. The van der Waals surface area contributed by atoms with Crippen LogP contribution in [-0.2, 0) is 0 Å². The van der Waals surface area contributed by atoms with Crippen LogP contribution in [0.4, 0.5) is 0 Å². The van der Waals surface area contributed by atoms with Crippen molar-refractivity contribution in [2.75, 3.05) is 18.9 Å². The van der Waals surface area contributed by atoms with Crippen LogP contribution in [0.5, 0.6) is 0 Å². The highest BCUT2D eigenvalue weighted by Crippen LogP contribution is 2.22. The molecule has 0 amide bonds. The van der Waals surface area contributed by atoms with Gasteiger partial charge in [-0.3, -0.25) is 0 Å². The number of thioether (sulfide) groups is 1. The molecular formula is C4H8N2O2S. The number of hydrogen-bond donors (Lipinski definition) is 1. The van der Waals surface area contributed by atoms with Gasteiger partial charge in [-0.25, -0.2) is 5.01 Å². The predicted octanol–water partition coefficient (Wildman–Crippen LogP) is 0.0350. The van der Waals surface area contributed by atoms with Crippen LogP contribution in [-0.4, -0.2) is 34.4 Å². The molecular weight excluding hydrogens is 140 g/mol. The number of nitrogens with zero attached hydrogens (tertiary/aromatic N) is 2. The molecule has 5 heteroatoms. The Balaban J connectivity index is 2.41. The van der Waals surface area contributed by atoms with Gasteiger partial charge in [0.1, 0.15) is 5.37 Å². The molecule has 52 valence electrons. The van der Waals surface area contributed by atoms with E-state index in [0.717, 1.165) is 5.75 Å². The van der Waals surface area contributed by atoms with E-state index in [1.807, 2.05) is 0 Å². The quantitative estimate of drug-likeness (QED) is 0.561. The summed E-state index contributed by atoms with van der Waals surface area (Å²) < 4.78 is 0. The van der Waals surface area contributed by atoms with Crippen LogP contribution in [0.1, 0.15) is 0 Å². The summed E-state index contributed by atoms with van der Waals surface area (Å²) in [4.78, 5) is 9.93. The fourth-order valence-electron chi connectivity index (χ4n) is 0.753. The predicted molar refractivity (Wildman–Crippen MR) is 35.8 cm³/mol. The molecule has 0 saturated carbocycles. The zero-order chi connectivity index (χ0) is 6.69. The summed E-state index contributed by atoms with van der Waals surface area (Å²) in [5, 5.41) is 12.6. The fourth-order valence-corrected chi connectivity index (χ4v) is 1.74. The Labute approximate surface area is 57.2 Å². The molecule has 1 aliphatic heterocycles. The average molecular weight is 148 g/mol. The SMILES string of the molecule is O=NN1CCSC1CO. The third kappa shape index (κ3) is 1.34. The minimum atomic E-state index is -0.0949. The molecule has 9 heavy (non-hydrogen) atoms. The topological polar surface area (TPSA) is 52.9 Å². The van der Waals surface area contributed by atoms with Crippen LogP contribution < -0.4 is 0 Å². The van der Waals surface area contributed by atoms with Crippen LogP contribution in [0.3, 0.4) is 0 Å². The van der Waals surface area contributed by atoms with Gasteiger partial charge in [-0.2, -0.15) is 0 Å². The maximum atomic E-state index is 9.93. The smallest absolute Gasteiger partial charge is 0.119 e. The molecule has 1 saturated heterocycles. The second kappa shape index (κ2) is 3.03. The van der Waals surface area contributed by atoms with Crippen molar-refractivity contribution in [3.05, 3.63) is 4.91 Å². The largest absolute Gasteiger partial charge is 0.393 e. The van der Waals surface area contributed by atoms with Gasteiger partial charge in [-0.1, -0.05) is 0 Å². The summed E-state index contributed by atoms with van der Waals surface area (Å²) in [6, 6.07) is 0. The lowest BCUT2D eigenvalue weighted by Crippen LogP contribution is -2.24. The summed E-state index contributed by atoms with van der Waals surface area (Å²) >= 11 is 1.56. The Morgan fingerprint density at radius 1 is 1.89 bits per heavy atom. The molecule has 0 aromatic heterocycles. The molecule has 4 nitrogen and oxygen atoms in total. The van der Waals surface area contributed by atoms with Crippen molar-refractivity contribution in [1.82, 2.24) is 5.01 Å². The minimum Gasteiger partial charge on any atom is -0.393 e. The highest BCUT2D eigenvalue weighted by molar-refractivity contribution is 8.00. The maximum Gasteiger partial charge on any atom is 0.119 e. The van der Waals surface area contributed by atoms with Gasteiger partial charge in [0.05, 0.1) is 11.9 Å². The summed E-state index contributed by atoms with van der Waals surface area (Å²) in [5.41, 5.74) is 0. The van der Waals surface area contributed by atoms with E-state index >= 15 is 0 Å². The van der Waals surface area contributed by atoms with E-state index in [9.17, 15) is 4.91 Å². The van der Waals surface area contributed by atoms with Crippen LogP contribution in [0, 0.1) is 4.91 Å². The van der Waals surface area contributed by atoms with E-state index in [1.165, 1.54) is 5.01 Å². The van der Waals surface area contributed by atoms with E-state index in [2.05, 4.69) is 5.29 Å². The molecule has 0 radical (unpaired) electrons. The number of nitroso groups, excluding NO2 is 1. The number of aliphatic hydroxyl groups is 1. The first-order valence-corrected chi connectivity index (χ1v) is 3.75.